The Morgan fingerprint density at radius 1 is 1.04 bits per heavy atom. The molecule has 1 rings (SSSR count). The highest BCUT2D eigenvalue weighted by molar-refractivity contribution is 9.10. The fourth-order valence-electron chi connectivity index (χ4n) is 1.95. The molecule has 0 saturated heterocycles. The fourth-order valence-corrected chi connectivity index (χ4v) is 2.43. The zero-order valence-electron chi connectivity index (χ0n) is 15.6. The minimum atomic E-state index is -0.684. The molecule has 0 aliphatic carbocycles. The summed E-state index contributed by atoms with van der Waals surface area (Å²) in [5.41, 5.74) is 0.443. The van der Waals surface area contributed by atoms with E-state index in [0.717, 1.165) is 10.0 Å². The zero-order valence-corrected chi connectivity index (χ0v) is 17.2. The van der Waals surface area contributed by atoms with Gasteiger partial charge in [-0.25, -0.2) is 9.59 Å². The molecule has 0 aromatic heterocycles. The van der Waals surface area contributed by atoms with E-state index in [1.165, 1.54) is 0 Å². The fraction of sp³-hybridized carbons (Fsp3) is 0.529. The van der Waals surface area contributed by atoms with Crippen LogP contribution in [0.1, 0.15) is 26.3 Å². The smallest absolute Gasteiger partial charge is 0.410 e. The summed E-state index contributed by atoms with van der Waals surface area (Å²) >= 11 is 3.39. The van der Waals surface area contributed by atoms with Crippen LogP contribution in [0, 0.1) is 0 Å². The molecular formula is C17H25BrN2O6. The lowest BCUT2D eigenvalue weighted by Crippen LogP contribution is -2.41. The number of methoxy groups -OCH3 is 2. The lowest BCUT2D eigenvalue weighted by atomic mass is 10.1. The Morgan fingerprint density at radius 2 is 1.65 bits per heavy atom. The number of hydrogen-bond acceptors (Lipinski definition) is 6. The third kappa shape index (κ3) is 7.81. The van der Waals surface area contributed by atoms with E-state index in [0.29, 0.717) is 24.5 Å². The van der Waals surface area contributed by atoms with Crippen molar-refractivity contribution in [2.45, 2.75) is 32.7 Å². The van der Waals surface area contributed by atoms with Gasteiger partial charge in [-0.2, -0.15) is 0 Å². The molecule has 0 saturated carbocycles. The van der Waals surface area contributed by atoms with Crippen molar-refractivity contribution >= 4 is 28.1 Å². The van der Waals surface area contributed by atoms with E-state index in [4.69, 9.17) is 18.9 Å². The lowest BCUT2D eigenvalue weighted by Gasteiger charge is -2.19. The number of ether oxygens (including phenoxy) is 4. The molecule has 9 heteroatoms. The van der Waals surface area contributed by atoms with Gasteiger partial charge >= 0.3 is 12.2 Å². The Labute approximate surface area is 161 Å². The quantitative estimate of drug-likeness (QED) is 0.642. The van der Waals surface area contributed by atoms with E-state index in [9.17, 15) is 9.59 Å². The van der Waals surface area contributed by atoms with Crippen LogP contribution in [-0.4, -0.2) is 45.3 Å². The number of benzene rings is 1. The monoisotopic (exact) mass is 432 g/mol. The van der Waals surface area contributed by atoms with Crippen LogP contribution >= 0.6 is 15.9 Å². The first kappa shape index (κ1) is 21.9. The molecule has 0 unspecified atom stereocenters. The second kappa shape index (κ2) is 10.1. The molecule has 0 aliphatic rings. The molecule has 0 aliphatic heterocycles. The van der Waals surface area contributed by atoms with Gasteiger partial charge in [-0.3, -0.25) is 0 Å². The summed E-state index contributed by atoms with van der Waals surface area (Å²) < 4.78 is 20.9. The van der Waals surface area contributed by atoms with Crippen molar-refractivity contribution in [3.63, 3.8) is 0 Å². The maximum atomic E-state index is 11.6. The molecule has 0 fully saturated rings. The number of alkyl carbamates (subject to hydrolysis) is 2. The van der Waals surface area contributed by atoms with Crippen LogP contribution in [0.3, 0.4) is 0 Å². The summed E-state index contributed by atoms with van der Waals surface area (Å²) in [6, 6.07) is 3.63. The first-order valence-corrected chi connectivity index (χ1v) is 8.71. The Morgan fingerprint density at radius 3 is 2.23 bits per heavy atom. The van der Waals surface area contributed by atoms with Crippen molar-refractivity contribution in [2.24, 2.45) is 0 Å². The van der Waals surface area contributed by atoms with Gasteiger partial charge in [0.05, 0.1) is 18.7 Å². The van der Waals surface area contributed by atoms with Crippen LogP contribution in [-0.2, 0) is 15.9 Å². The molecular weight excluding hydrogens is 408 g/mol. The van der Waals surface area contributed by atoms with Gasteiger partial charge in [-0.05, 0) is 60.8 Å². The standard InChI is InChI=1S/C17H25BrN2O6/c1-17(2,3)20-16(22)26-10-25-15(21)19-7-6-11-8-14(24-5)12(18)9-13(11)23-4/h8-9H,6-7,10H2,1-5H3,(H,19,21)(H,20,22). The van der Waals surface area contributed by atoms with Crippen LogP contribution in [0.25, 0.3) is 0 Å². The Balaban J connectivity index is 2.39. The molecule has 8 nitrogen and oxygen atoms in total. The highest BCUT2D eigenvalue weighted by atomic mass is 79.9. The molecule has 1 aromatic rings. The largest absolute Gasteiger partial charge is 0.496 e. The average Bonchev–Trinajstić information content (AvgIpc) is 2.54. The predicted molar refractivity (Wildman–Crippen MR) is 99.7 cm³/mol. The van der Waals surface area contributed by atoms with Gasteiger partial charge in [0.25, 0.3) is 0 Å². The van der Waals surface area contributed by atoms with Crippen molar-refractivity contribution in [3.05, 3.63) is 22.2 Å². The van der Waals surface area contributed by atoms with Gasteiger partial charge in [0.15, 0.2) is 0 Å². The third-order valence-corrected chi connectivity index (χ3v) is 3.70. The SMILES string of the molecule is COc1cc(CCNC(=O)OCOC(=O)NC(C)(C)C)c(OC)cc1Br. The zero-order chi connectivity index (χ0) is 19.7. The van der Waals surface area contributed by atoms with Gasteiger partial charge < -0.3 is 29.6 Å². The minimum absolute atomic E-state index is 0.314. The van der Waals surface area contributed by atoms with Crippen LogP contribution in [0.5, 0.6) is 11.5 Å². The summed E-state index contributed by atoms with van der Waals surface area (Å²) in [4.78, 5) is 23.0. The normalized spacial score (nSPS) is 10.7. The van der Waals surface area contributed by atoms with E-state index >= 15 is 0 Å². The maximum Gasteiger partial charge on any atom is 0.410 e. The maximum absolute atomic E-state index is 11.6. The second-order valence-corrected chi connectivity index (χ2v) is 7.19. The van der Waals surface area contributed by atoms with Crippen LogP contribution in [0.2, 0.25) is 0 Å². The molecule has 0 radical (unpaired) electrons. The van der Waals surface area contributed by atoms with E-state index in [1.807, 2.05) is 26.8 Å². The van der Waals surface area contributed by atoms with Gasteiger partial charge in [-0.1, -0.05) is 0 Å². The number of carbonyl (C=O) groups is 2. The molecule has 26 heavy (non-hydrogen) atoms. The average molecular weight is 433 g/mol. The summed E-state index contributed by atoms with van der Waals surface area (Å²) in [6.07, 6.45) is -0.832. The first-order valence-electron chi connectivity index (χ1n) is 7.92. The number of carbonyl (C=O) groups excluding carboxylic acids is 2. The molecule has 1 aromatic carbocycles. The van der Waals surface area contributed by atoms with Crippen molar-refractivity contribution in [3.8, 4) is 11.5 Å². The lowest BCUT2D eigenvalue weighted by molar-refractivity contribution is 0.0220. The van der Waals surface area contributed by atoms with Crippen molar-refractivity contribution in [1.82, 2.24) is 10.6 Å². The minimum Gasteiger partial charge on any atom is -0.496 e. The van der Waals surface area contributed by atoms with E-state index in [-0.39, 0.29) is 0 Å². The second-order valence-electron chi connectivity index (χ2n) is 6.33. The van der Waals surface area contributed by atoms with Crippen LogP contribution in [0.4, 0.5) is 9.59 Å². The highest BCUT2D eigenvalue weighted by Gasteiger charge is 2.15. The third-order valence-electron chi connectivity index (χ3n) is 3.08. The Bertz CT molecular complexity index is 630. The summed E-state index contributed by atoms with van der Waals surface area (Å²) in [5, 5.41) is 5.16. The Kier molecular flexibility index (Phi) is 8.50. The molecule has 0 bridgehead atoms. The van der Waals surface area contributed by atoms with Gasteiger partial charge in [0.2, 0.25) is 6.79 Å². The number of halogens is 1. The number of rotatable bonds is 7. The summed E-state index contributed by atoms with van der Waals surface area (Å²) in [7, 11) is 3.14. The molecule has 0 heterocycles. The summed E-state index contributed by atoms with van der Waals surface area (Å²) in [5.74, 6) is 1.34. The van der Waals surface area contributed by atoms with Crippen molar-refractivity contribution in [1.29, 1.82) is 0 Å². The topological polar surface area (TPSA) is 95.1 Å². The van der Waals surface area contributed by atoms with Gasteiger partial charge in [0, 0.05) is 12.1 Å². The first-order chi connectivity index (χ1) is 12.2. The molecule has 146 valence electrons. The molecule has 2 N–H and O–H groups in total. The van der Waals surface area contributed by atoms with Crippen molar-refractivity contribution in [2.75, 3.05) is 27.6 Å². The van der Waals surface area contributed by atoms with E-state index in [2.05, 4.69) is 26.6 Å². The number of nitrogens with one attached hydrogen (secondary N) is 2. The van der Waals surface area contributed by atoms with Crippen LogP contribution < -0.4 is 20.1 Å². The molecule has 0 spiro atoms. The number of hydrogen-bond donors (Lipinski definition) is 2. The van der Waals surface area contributed by atoms with Gasteiger partial charge in [-0.15, -0.1) is 0 Å². The molecule has 0 atom stereocenters. The van der Waals surface area contributed by atoms with E-state index in [1.54, 1.807) is 20.3 Å². The molecule has 2 amide bonds. The number of amides is 2. The Hall–Kier alpha value is -2.16. The predicted octanol–water partition coefficient (Wildman–Crippen LogP) is 3.22. The highest BCUT2D eigenvalue weighted by Crippen LogP contribution is 2.32. The van der Waals surface area contributed by atoms with Crippen LogP contribution in [0.15, 0.2) is 16.6 Å². The van der Waals surface area contributed by atoms with Crippen molar-refractivity contribution < 1.29 is 28.5 Å². The van der Waals surface area contributed by atoms with Gasteiger partial charge in [0.1, 0.15) is 11.5 Å². The summed E-state index contributed by atoms with van der Waals surface area (Å²) in [6.45, 7) is 5.28. The van der Waals surface area contributed by atoms with E-state index < -0.39 is 24.5 Å².